The molecule has 0 aromatic rings. The maximum absolute atomic E-state index is 12.5. The van der Waals surface area contributed by atoms with Crippen LogP contribution in [-0.2, 0) is 19.0 Å². The number of hydrogen-bond donors (Lipinski definition) is 10. The highest BCUT2D eigenvalue weighted by Crippen LogP contribution is 2.28. The molecular weight excluding hydrogens is 496 g/mol. The van der Waals surface area contributed by atoms with Crippen molar-refractivity contribution >= 4 is 5.91 Å². The summed E-state index contributed by atoms with van der Waals surface area (Å²) in [5.41, 5.74) is 0. The average molecular weight is 541 g/mol. The zero-order valence-electron chi connectivity index (χ0n) is 21.1. The van der Waals surface area contributed by atoms with Gasteiger partial charge in [0.1, 0.15) is 61.1 Å². The van der Waals surface area contributed by atoms with Crippen LogP contribution in [0, 0.1) is 0 Å². The van der Waals surface area contributed by atoms with Gasteiger partial charge in [-0.05, 0) is 6.42 Å². The number of aliphatic hydroxyl groups excluding tert-OH is 8. The van der Waals surface area contributed by atoms with E-state index in [9.17, 15) is 45.6 Å². The number of hydrogen-bond acceptors (Lipinski definition) is 13. The molecule has 0 aromatic carbocycles. The predicted molar refractivity (Wildman–Crippen MR) is 127 cm³/mol. The maximum Gasteiger partial charge on any atom is 0.239 e. The topological polar surface area (TPSA) is 231 Å². The Kier molecular flexibility index (Phi) is 14.1. The van der Waals surface area contributed by atoms with Crippen molar-refractivity contribution in [3.05, 3.63) is 0 Å². The minimum Gasteiger partial charge on any atom is -0.394 e. The number of carbonyl (C=O) groups excluding carboxylic acids is 1. The van der Waals surface area contributed by atoms with Crippen molar-refractivity contribution < 1.29 is 59.9 Å². The first kappa shape index (κ1) is 32.2. The molecule has 0 aromatic heterocycles. The number of carbonyl (C=O) groups is 1. The molecule has 1 unspecified atom stereocenters. The summed E-state index contributed by atoms with van der Waals surface area (Å²) in [4.78, 5) is 12.5. The van der Waals surface area contributed by atoms with Gasteiger partial charge in [0.2, 0.25) is 5.91 Å². The summed E-state index contributed by atoms with van der Waals surface area (Å²) in [5.74, 6) is -0.526. The number of unbranched alkanes of at least 4 members (excludes halogenated alkanes) is 5. The molecule has 0 radical (unpaired) electrons. The van der Waals surface area contributed by atoms with Gasteiger partial charge < -0.3 is 60.4 Å². The third kappa shape index (κ3) is 8.74. The van der Waals surface area contributed by atoms with E-state index in [4.69, 9.17) is 14.2 Å². The van der Waals surface area contributed by atoms with Crippen LogP contribution in [0.5, 0.6) is 0 Å². The zero-order valence-corrected chi connectivity index (χ0v) is 21.1. The van der Waals surface area contributed by atoms with Gasteiger partial charge >= 0.3 is 0 Å². The third-order valence-electron chi connectivity index (χ3n) is 6.70. The van der Waals surface area contributed by atoms with E-state index in [-0.39, 0.29) is 0 Å². The van der Waals surface area contributed by atoms with Crippen LogP contribution in [0.3, 0.4) is 0 Å². The molecule has 37 heavy (non-hydrogen) atoms. The second-order valence-electron chi connectivity index (χ2n) is 9.52. The van der Waals surface area contributed by atoms with Crippen molar-refractivity contribution in [2.45, 2.75) is 113 Å². The highest BCUT2D eigenvalue weighted by Gasteiger charge is 2.50. The molecule has 2 aliphatic heterocycles. The molecule has 11 atom stereocenters. The lowest BCUT2D eigenvalue weighted by Crippen LogP contribution is -2.67. The number of nitrogens with one attached hydrogen (secondary N) is 2. The monoisotopic (exact) mass is 540 g/mol. The highest BCUT2D eigenvalue weighted by molar-refractivity contribution is 5.81. The van der Waals surface area contributed by atoms with Gasteiger partial charge in [-0.1, -0.05) is 39.0 Å². The van der Waals surface area contributed by atoms with Crippen LogP contribution in [0.2, 0.25) is 0 Å². The molecule has 2 rings (SSSR count). The molecule has 0 aliphatic carbocycles. The molecule has 0 spiro atoms. The van der Waals surface area contributed by atoms with E-state index in [1.165, 1.54) is 6.42 Å². The summed E-state index contributed by atoms with van der Waals surface area (Å²) < 4.78 is 16.3. The summed E-state index contributed by atoms with van der Waals surface area (Å²) in [6.07, 6.45) is -9.32. The Morgan fingerprint density at radius 3 is 2.08 bits per heavy atom. The van der Waals surface area contributed by atoms with Crippen LogP contribution in [-0.4, -0.2) is 141 Å². The van der Waals surface area contributed by atoms with Gasteiger partial charge in [0.15, 0.2) is 6.29 Å². The molecule has 10 N–H and O–H groups in total. The van der Waals surface area contributed by atoms with Crippen molar-refractivity contribution in [3.63, 3.8) is 0 Å². The SMILES string of the molecule is CCCCCCCCNC(=O)[C@H](CO)NC1O[C@H](CO)[C@@H](O[C@@H]2O[C@H](CO)[C@H](O)[C@H](O)[C@H]2O)[C@H](O)[C@H]1O. The second-order valence-corrected chi connectivity index (χ2v) is 9.52. The standard InChI is InChI=1S/C23H44N2O12/c1-2-3-4-5-6-7-8-24-21(34)12(9-26)25-22-18(32)17(31)20(14(11-28)35-22)37-23-19(33)16(30)15(29)13(10-27)36-23/h12-20,22-23,25-33H,2-11H2,1H3,(H,24,34)/t12-,13+,14+,15-,16-,17+,18+,19+,20+,22?,23-/m0/s1. The van der Waals surface area contributed by atoms with Gasteiger partial charge in [0, 0.05) is 6.54 Å². The lowest BCUT2D eigenvalue weighted by molar-refractivity contribution is -0.343. The average Bonchev–Trinajstić information content (AvgIpc) is 2.90. The minimum absolute atomic E-state index is 0.411. The first-order chi connectivity index (χ1) is 17.7. The molecule has 2 saturated heterocycles. The lowest BCUT2D eigenvalue weighted by atomic mass is 9.96. The smallest absolute Gasteiger partial charge is 0.239 e. The van der Waals surface area contributed by atoms with Gasteiger partial charge in [0.25, 0.3) is 0 Å². The molecule has 2 heterocycles. The van der Waals surface area contributed by atoms with Crippen molar-refractivity contribution in [1.29, 1.82) is 0 Å². The Bertz CT molecular complexity index is 657. The van der Waals surface area contributed by atoms with E-state index < -0.39 is 93.1 Å². The molecule has 2 aliphatic rings. The van der Waals surface area contributed by atoms with Crippen LogP contribution >= 0.6 is 0 Å². The fourth-order valence-corrected chi connectivity index (χ4v) is 4.38. The first-order valence-electron chi connectivity index (χ1n) is 12.9. The summed E-state index contributed by atoms with van der Waals surface area (Å²) in [6, 6.07) is -1.17. The van der Waals surface area contributed by atoms with Gasteiger partial charge in [-0.15, -0.1) is 0 Å². The first-order valence-corrected chi connectivity index (χ1v) is 12.9. The summed E-state index contributed by atoms with van der Waals surface area (Å²) >= 11 is 0. The van der Waals surface area contributed by atoms with Gasteiger partial charge in [-0.25, -0.2) is 0 Å². The van der Waals surface area contributed by atoms with Crippen LogP contribution < -0.4 is 10.6 Å². The van der Waals surface area contributed by atoms with Crippen molar-refractivity contribution in [1.82, 2.24) is 10.6 Å². The van der Waals surface area contributed by atoms with E-state index in [1.807, 2.05) is 0 Å². The van der Waals surface area contributed by atoms with E-state index in [1.54, 1.807) is 0 Å². The van der Waals surface area contributed by atoms with E-state index >= 15 is 0 Å². The van der Waals surface area contributed by atoms with Crippen molar-refractivity contribution in [2.24, 2.45) is 0 Å². The summed E-state index contributed by atoms with van der Waals surface area (Å²) in [5, 5.41) is 85.5. The molecule has 14 nitrogen and oxygen atoms in total. The highest BCUT2D eigenvalue weighted by atomic mass is 16.7. The molecule has 1 amide bonds. The van der Waals surface area contributed by atoms with E-state index in [2.05, 4.69) is 17.6 Å². The molecule has 2 fully saturated rings. The molecule has 0 saturated carbocycles. The fraction of sp³-hybridized carbons (Fsp3) is 0.957. The van der Waals surface area contributed by atoms with Crippen molar-refractivity contribution in [2.75, 3.05) is 26.4 Å². The van der Waals surface area contributed by atoms with Crippen LogP contribution in [0.4, 0.5) is 0 Å². The molecule has 0 bridgehead atoms. The Balaban J connectivity index is 1.94. The van der Waals surface area contributed by atoms with E-state index in [0.29, 0.717) is 6.54 Å². The zero-order chi connectivity index (χ0) is 27.5. The maximum atomic E-state index is 12.5. The van der Waals surface area contributed by atoms with E-state index in [0.717, 1.165) is 32.1 Å². The molecule has 218 valence electrons. The predicted octanol–water partition coefficient (Wildman–Crippen LogP) is -3.96. The van der Waals surface area contributed by atoms with Gasteiger partial charge in [-0.2, -0.15) is 0 Å². The largest absolute Gasteiger partial charge is 0.394 e. The molecular formula is C23H44N2O12. The second kappa shape index (κ2) is 16.2. The number of ether oxygens (including phenoxy) is 3. The summed E-state index contributed by atoms with van der Waals surface area (Å²) in [7, 11) is 0. The Hall–Kier alpha value is -1.01. The van der Waals surface area contributed by atoms with Crippen LogP contribution in [0.1, 0.15) is 45.4 Å². The number of amides is 1. The van der Waals surface area contributed by atoms with Crippen LogP contribution in [0.25, 0.3) is 0 Å². The quantitative estimate of drug-likeness (QED) is 0.0895. The minimum atomic E-state index is -1.77. The van der Waals surface area contributed by atoms with Crippen molar-refractivity contribution in [3.8, 4) is 0 Å². The Morgan fingerprint density at radius 2 is 1.46 bits per heavy atom. The lowest BCUT2D eigenvalue weighted by Gasteiger charge is -2.46. The Morgan fingerprint density at radius 1 is 0.811 bits per heavy atom. The number of aliphatic hydroxyl groups is 8. The van der Waals surface area contributed by atoms with Gasteiger partial charge in [-0.3, -0.25) is 10.1 Å². The Labute approximate surface area is 216 Å². The number of rotatable bonds is 15. The summed E-state index contributed by atoms with van der Waals surface area (Å²) in [6.45, 7) is 0.506. The van der Waals surface area contributed by atoms with Gasteiger partial charge in [0.05, 0.1) is 19.8 Å². The normalized spacial score (nSPS) is 37.3. The molecule has 14 heteroatoms. The third-order valence-corrected chi connectivity index (χ3v) is 6.70. The van der Waals surface area contributed by atoms with Crippen LogP contribution in [0.15, 0.2) is 0 Å². The fourth-order valence-electron chi connectivity index (χ4n) is 4.38.